The lowest BCUT2D eigenvalue weighted by Crippen LogP contribution is -2.42. The highest BCUT2D eigenvalue weighted by molar-refractivity contribution is 5.81. The van der Waals surface area contributed by atoms with Crippen molar-refractivity contribution in [3.8, 4) is 0 Å². The number of hydrogen-bond donors (Lipinski definition) is 3. The molecule has 1 aromatic carbocycles. The van der Waals surface area contributed by atoms with E-state index in [2.05, 4.69) is 4.99 Å². The van der Waals surface area contributed by atoms with Gasteiger partial charge in [0, 0.05) is 13.6 Å². The van der Waals surface area contributed by atoms with Gasteiger partial charge >= 0.3 is 0 Å². The van der Waals surface area contributed by atoms with Crippen LogP contribution in [-0.2, 0) is 4.79 Å². The minimum atomic E-state index is -0.532. The van der Waals surface area contributed by atoms with Gasteiger partial charge in [-0.1, -0.05) is 30.3 Å². The third-order valence-corrected chi connectivity index (χ3v) is 3.50. The van der Waals surface area contributed by atoms with E-state index < -0.39 is 6.04 Å². The van der Waals surface area contributed by atoms with Crippen LogP contribution in [0.5, 0.6) is 0 Å². The number of carbonyl (C=O) groups excluding carboxylic acids is 1. The van der Waals surface area contributed by atoms with Gasteiger partial charge in [0.15, 0.2) is 5.96 Å². The molecule has 6 heteroatoms. The summed E-state index contributed by atoms with van der Waals surface area (Å²) in [5.41, 5.74) is 17.5. The first-order valence-corrected chi connectivity index (χ1v) is 7.06. The van der Waals surface area contributed by atoms with Crippen molar-refractivity contribution >= 4 is 11.9 Å². The zero-order valence-corrected chi connectivity index (χ0v) is 12.7. The van der Waals surface area contributed by atoms with E-state index in [4.69, 9.17) is 17.2 Å². The van der Waals surface area contributed by atoms with Gasteiger partial charge in [0.05, 0.1) is 12.1 Å². The third kappa shape index (κ3) is 5.43. The number of benzene rings is 1. The molecule has 0 aromatic heterocycles. The Bertz CT molecular complexity index is 470. The molecular formula is C15H25N5O. The van der Waals surface area contributed by atoms with Crippen LogP contribution in [0.25, 0.3) is 0 Å². The van der Waals surface area contributed by atoms with Crippen LogP contribution in [0.15, 0.2) is 35.3 Å². The molecular weight excluding hydrogens is 266 g/mol. The van der Waals surface area contributed by atoms with Crippen molar-refractivity contribution in [1.82, 2.24) is 4.90 Å². The highest BCUT2D eigenvalue weighted by atomic mass is 16.2. The van der Waals surface area contributed by atoms with E-state index in [0.29, 0.717) is 19.4 Å². The monoisotopic (exact) mass is 291 g/mol. The molecule has 0 aliphatic carbocycles. The summed E-state index contributed by atoms with van der Waals surface area (Å²) in [6, 6.07) is 9.32. The molecule has 0 bridgehead atoms. The van der Waals surface area contributed by atoms with Gasteiger partial charge < -0.3 is 22.1 Å². The number of rotatable bonds is 7. The van der Waals surface area contributed by atoms with E-state index in [9.17, 15) is 4.79 Å². The second-order valence-corrected chi connectivity index (χ2v) is 5.09. The van der Waals surface area contributed by atoms with Crippen molar-refractivity contribution in [2.45, 2.75) is 31.8 Å². The van der Waals surface area contributed by atoms with Crippen molar-refractivity contribution in [1.29, 1.82) is 0 Å². The van der Waals surface area contributed by atoms with E-state index in [1.807, 2.05) is 37.3 Å². The maximum absolute atomic E-state index is 12.3. The van der Waals surface area contributed by atoms with Crippen LogP contribution in [0.3, 0.4) is 0 Å². The maximum atomic E-state index is 12.3. The number of carbonyl (C=O) groups is 1. The predicted molar refractivity (Wildman–Crippen MR) is 85.5 cm³/mol. The molecule has 0 radical (unpaired) electrons. The average Bonchev–Trinajstić information content (AvgIpc) is 2.49. The summed E-state index contributed by atoms with van der Waals surface area (Å²) >= 11 is 0. The van der Waals surface area contributed by atoms with Crippen molar-refractivity contribution in [2.24, 2.45) is 22.2 Å². The van der Waals surface area contributed by atoms with Gasteiger partial charge in [-0.05, 0) is 25.3 Å². The van der Waals surface area contributed by atoms with E-state index in [-0.39, 0.29) is 17.9 Å². The molecule has 6 nitrogen and oxygen atoms in total. The normalized spacial score (nSPS) is 13.3. The minimum Gasteiger partial charge on any atom is -0.370 e. The summed E-state index contributed by atoms with van der Waals surface area (Å²) in [6.07, 6.45) is 1.24. The molecule has 0 saturated heterocycles. The molecule has 0 heterocycles. The predicted octanol–water partition coefficient (Wildman–Crippen LogP) is 0.587. The molecule has 0 spiro atoms. The molecule has 1 unspecified atom stereocenters. The molecule has 1 aromatic rings. The van der Waals surface area contributed by atoms with E-state index in [1.54, 1.807) is 11.9 Å². The summed E-state index contributed by atoms with van der Waals surface area (Å²) < 4.78 is 0. The van der Waals surface area contributed by atoms with Crippen LogP contribution < -0.4 is 17.2 Å². The number of nitrogens with two attached hydrogens (primary N) is 3. The Morgan fingerprint density at radius 1 is 1.29 bits per heavy atom. The van der Waals surface area contributed by atoms with Crippen LogP contribution in [0.1, 0.15) is 31.4 Å². The lowest BCUT2D eigenvalue weighted by atomic mass is 10.1. The molecule has 2 atom stereocenters. The highest BCUT2D eigenvalue weighted by Gasteiger charge is 2.22. The SMILES string of the molecule is CC(c1ccccc1)N(C)C(=O)[C@H](N)CCCN=C(N)N. The Morgan fingerprint density at radius 2 is 1.90 bits per heavy atom. The lowest BCUT2D eigenvalue weighted by Gasteiger charge is -2.28. The second kappa shape index (κ2) is 8.26. The van der Waals surface area contributed by atoms with Crippen LogP contribution in [0, 0.1) is 0 Å². The zero-order chi connectivity index (χ0) is 15.8. The highest BCUT2D eigenvalue weighted by Crippen LogP contribution is 2.19. The summed E-state index contributed by atoms with van der Waals surface area (Å²) in [5.74, 6) is -0.0132. The standard InChI is InChI=1S/C15H25N5O/c1-11(12-7-4-3-5-8-12)20(2)14(21)13(16)9-6-10-19-15(17)18/h3-5,7-8,11,13H,6,9-10,16H2,1-2H3,(H4,17,18,19)/t11?,13-/m1/s1. The molecule has 0 aliphatic rings. The van der Waals surface area contributed by atoms with Gasteiger partial charge in [-0.2, -0.15) is 0 Å². The second-order valence-electron chi connectivity index (χ2n) is 5.09. The molecule has 116 valence electrons. The third-order valence-electron chi connectivity index (χ3n) is 3.50. The maximum Gasteiger partial charge on any atom is 0.239 e. The van der Waals surface area contributed by atoms with Crippen molar-refractivity contribution in [3.63, 3.8) is 0 Å². The lowest BCUT2D eigenvalue weighted by molar-refractivity contribution is -0.133. The zero-order valence-electron chi connectivity index (χ0n) is 12.7. The number of likely N-dealkylation sites (N-methyl/N-ethyl adjacent to an activating group) is 1. The summed E-state index contributed by atoms with van der Waals surface area (Å²) in [6.45, 7) is 2.47. The van der Waals surface area contributed by atoms with Crippen LogP contribution >= 0.6 is 0 Å². The number of aliphatic imine (C=N–C) groups is 1. The Hall–Kier alpha value is -2.08. The first-order chi connectivity index (χ1) is 9.93. The molecule has 0 fully saturated rings. The minimum absolute atomic E-state index is 0.0116. The van der Waals surface area contributed by atoms with Crippen molar-refractivity contribution in [3.05, 3.63) is 35.9 Å². The van der Waals surface area contributed by atoms with Gasteiger partial charge in [-0.3, -0.25) is 9.79 Å². The van der Waals surface area contributed by atoms with Gasteiger partial charge in [0.25, 0.3) is 0 Å². The van der Waals surface area contributed by atoms with Crippen molar-refractivity contribution < 1.29 is 4.79 Å². The van der Waals surface area contributed by atoms with E-state index >= 15 is 0 Å². The fourth-order valence-corrected chi connectivity index (χ4v) is 2.05. The van der Waals surface area contributed by atoms with Crippen LogP contribution in [0.4, 0.5) is 0 Å². The average molecular weight is 291 g/mol. The molecule has 0 aliphatic heterocycles. The number of amides is 1. The summed E-state index contributed by atoms with van der Waals surface area (Å²) in [5, 5.41) is 0. The first kappa shape index (κ1) is 17.0. The Balaban J connectivity index is 2.51. The quantitative estimate of drug-likeness (QED) is 0.388. The van der Waals surface area contributed by atoms with E-state index in [1.165, 1.54) is 0 Å². The smallest absolute Gasteiger partial charge is 0.239 e. The number of guanidine groups is 1. The Kier molecular flexibility index (Phi) is 6.68. The largest absolute Gasteiger partial charge is 0.370 e. The van der Waals surface area contributed by atoms with E-state index in [0.717, 1.165) is 5.56 Å². The van der Waals surface area contributed by atoms with Gasteiger partial charge in [-0.15, -0.1) is 0 Å². The molecule has 6 N–H and O–H groups in total. The van der Waals surface area contributed by atoms with Crippen LogP contribution in [-0.4, -0.2) is 36.4 Å². The fraction of sp³-hybridized carbons (Fsp3) is 0.467. The molecule has 0 saturated carbocycles. The number of nitrogens with zero attached hydrogens (tertiary/aromatic N) is 2. The molecule has 21 heavy (non-hydrogen) atoms. The topological polar surface area (TPSA) is 111 Å². The molecule has 1 rings (SSSR count). The summed E-state index contributed by atoms with van der Waals surface area (Å²) in [4.78, 5) is 17.9. The first-order valence-electron chi connectivity index (χ1n) is 7.06. The van der Waals surface area contributed by atoms with Gasteiger partial charge in [0.2, 0.25) is 5.91 Å². The fourth-order valence-electron chi connectivity index (χ4n) is 2.05. The summed E-state index contributed by atoms with van der Waals surface area (Å²) in [7, 11) is 1.77. The number of hydrogen-bond acceptors (Lipinski definition) is 3. The Morgan fingerprint density at radius 3 is 2.48 bits per heavy atom. The Labute approximate surface area is 126 Å². The molecule has 1 amide bonds. The van der Waals surface area contributed by atoms with Crippen LogP contribution in [0.2, 0.25) is 0 Å². The van der Waals surface area contributed by atoms with Crippen molar-refractivity contribution in [2.75, 3.05) is 13.6 Å². The van der Waals surface area contributed by atoms with Gasteiger partial charge in [0.1, 0.15) is 0 Å². The van der Waals surface area contributed by atoms with Gasteiger partial charge in [-0.25, -0.2) is 0 Å².